The molecule has 2 aromatic rings. The number of nitrogens with one attached hydrogen (secondary N) is 1. The standard InChI is InChI=1S/C18H22N4O/c1-21-10-8-19-16(21)12-22-9-7-18(13-22)15(11-20-17(18)23)14-5-3-2-4-6-14/h2-6,8,10,15H,7,9,11-13H2,1H3,(H,20,23). The average Bonchev–Trinajstić information content (AvgIpc) is 3.25. The number of aromatic nitrogens is 2. The molecule has 1 N–H and O–H groups in total. The van der Waals surface area contributed by atoms with E-state index in [1.165, 1.54) is 5.56 Å². The summed E-state index contributed by atoms with van der Waals surface area (Å²) in [4.78, 5) is 19.4. The zero-order chi connectivity index (χ0) is 15.9. The molecule has 1 spiro atoms. The minimum Gasteiger partial charge on any atom is -0.355 e. The lowest BCUT2D eigenvalue weighted by Crippen LogP contribution is -2.37. The first-order chi connectivity index (χ1) is 11.2. The van der Waals surface area contributed by atoms with Crippen molar-refractivity contribution in [2.45, 2.75) is 18.9 Å². The van der Waals surface area contributed by atoms with Gasteiger partial charge in [0.1, 0.15) is 5.82 Å². The number of aryl methyl sites for hydroxylation is 1. The fourth-order valence-electron chi connectivity index (χ4n) is 4.11. The molecule has 4 rings (SSSR count). The summed E-state index contributed by atoms with van der Waals surface area (Å²) in [7, 11) is 2.02. The highest BCUT2D eigenvalue weighted by atomic mass is 16.2. The molecular formula is C18H22N4O. The molecule has 1 amide bonds. The van der Waals surface area contributed by atoms with Crippen LogP contribution >= 0.6 is 0 Å². The predicted molar refractivity (Wildman–Crippen MR) is 87.7 cm³/mol. The van der Waals surface area contributed by atoms with Gasteiger partial charge in [0.15, 0.2) is 0 Å². The number of carbonyl (C=O) groups is 1. The van der Waals surface area contributed by atoms with E-state index in [4.69, 9.17) is 0 Å². The third-order valence-corrected chi connectivity index (χ3v) is 5.45. The van der Waals surface area contributed by atoms with Gasteiger partial charge in [-0.15, -0.1) is 0 Å². The van der Waals surface area contributed by atoms with Crippen LogP contribution in [0.25, 0.3) is 0 Å². The normalized spacial score (nSPS) is 27.7. The largest absolute Gasteiger partial charge is 0.355 e. The number of amides is 1. The number of benzene rings is 1. The molecule has 0 aliphatic carbocycles. The quantitative estimate of drug-likeness (QED) is 0.935. The van der Waals surface area contributed by atoms with Crippen molar-refractivity contribution in [2.75, 3.05) is 19.6 Å². The second kappa shape index (κ2) is 5.49. The zero-order valence-corrected chi connectivity index (χ0v) is 13.4. The van der Waals surface area contributed by atoms with Crippen molar-refractivity contribution in [1.82, 2.24) is 19.8 Å². The molecule has 0 radical (unpaired) electrons. The molecule has 0 saturated carbocycles. The predicted octanol–water partition coefficient (Wildman–Crippen LogP) is 1.53. The van der Waals surface area contributed by atoms with Crippen molar-refractivity contribution in [3.63, 3.8) is 0 Å². The van der Waals surface area contributed by atoms with Gasteiger partial charge in [-0.2, -0.15) is 0 Å². The van der Waals surface area contributed by atoms with Crippen LogP contribution in [0, 0.1) is 5.41 Å². The van der Waals surface area contributed by atoms with Crippen LogP contribution in [0.3, 0.4) is 0 Å². The van der Waals surface area contributed by atoms with Crippen LogP contribution in [-0.4, -0.2) is 40.0 Å². The van der Waals surface area contributed by atoms with Crippen molar-refractivity contribution in [3.8, 4) is 0 Å². The van der Waals surface area contributed by atoms with Crippen molar-refractivity contribution >= 4 is 5.91 Å². The lowest BCUT2D eigenvalue weighted by molar-refractivity contribution is -0.127. The summed E-state index contributed by atoms with van der Waals surface area (Å²) >= 11 is 0. The number of imidazole rings is 1. The molecule has 23 heavy (non-hydrogen) atoms. The van der Waals surface area contributed by atoms with Gasteiger partial charge < -0.3 is 9.88 Å². The number of hydrogen-bond acceptors (Lipinski definition) is 3. The number of likely N-dealkylation sites (tertiary alicyclic amines) is 1. The molecule has 2 atom stereocenters. The third-order valence-electron chi connectivity index (χ3n) is 5.45. The molecule has 2 saturated heterocycles. The summed E-state index contributed by atoms with van der Waals surface area (Å²) in [5, 5.41) is 3.11. The first-order valence-electron chi connectivity index (χ1n) is 8.21. The maximum absolute atomic E-state index is 12.6. The van der Waals surface area contributed by atoms with Crippen LogP contribution in [0.2, 0.25) is 0 Å². The van der Waals surface area contributed by atoms with Gasteiger partial charge >= 0.3 is 0 Å². The first-order valence-corrected chi connectivity index (χ1v) is 8.21. The minimum absolute atomic E-state index is 0.216. The third kappa shape index (κ3) is 2.36. The van der Waals surface area contributed by atoms with Crippen LogP contribution in [0.1, 0.15) is 23.7 Å². The van der Waals surface area contributed by atoms with E-state index < -0.39 is 0 Å². The molecule has 2 unspecified atom stereocenters. The second-order valence-electron chi connectivity index (χ2n) is 6.74. The smallest absolute Gasteiger partial charge is 0.228 e. The topological polar surface area (TPSA) is 50.2 Å². The Bertz CT molecular complexity index is 711. The van der Waals surface area contributed by atoms with E-state index in [0.717, 1.165) is 38.4 Å². The highest BCUT2D eigenvalue weighted by molar-refractivity contribution is 5.87. The van der Waals surface area contributed by atoms with Crippen molar-refractivity contribution in [2.24, 2.45) is 12.5 Å². The summed E-state index contributed by atoms with van der Waals surface area (Å²) in [5.74, 6) is 1.54. The molecule has 120 valence electrons. The molecule has 3 heterocycles. The van der Waals surface area contributed by atoms with Crippen molar-refractivity contribution in [1.29, 1.82) is 0 Å². The molecule has 2 fully saturated rings. The van der Waals surface area contributed by atoms with Crippen molar-refractivity contribution in [3.05, 3.63) is 54.1 Å². The van der Waals surface area contributed by atoms with E-state index in [9.17, 15) is 4.79 Å². The molecule has 0 bridgehead atoms. The fraction of sp³-hybridized carbons (Fsp3) is 0.444. The number of rotatable bonds is 3. The maximum atomic E-state index is 12.6. The maximum Gasteiger partial charge on any atom is 0.228 e. The molecule has 2 aliphatic rings. The Hall–Kier alpha value is -2.14. The first kappa shape index (κ1) is 14.5. The van der Waals surface area contributed by atoms with Gasteiger partial charge in [0.2, 0.25) is 5.91 Å². The van der Waals surface area contributed by atoms with Crippen LogP contribution in [0.5, 0.6) is 0 Å². The monoisotopic (exact) mass is 310 g/mol. The van der Waals surface area contributed by atoms with E-state index in [0.29, 0.717) is 0 Å². The van der Waals surface area contributed by atoms with Crippen LogP contribution < -0.4 is 5.32 Å². The van der Waals surface area contributed by atoms with Gasteiger partial charge in [-0.05, 0) is 18.5 Å². The molecule has 2 aliphatic heterocycles. The molecule has 5 heteroatoms. The fourth-order valence-corrected chi connectivity index (χ4v) is 4.11. The average molecular weight is 310 g/mol. The van der Waals surface area contributed by atoms with E-state index in [1.807, 2.05) is 30.1 Å². The lowest BCUT2D eigenvalue weighted by Gasteiger charge is -2.28. The molecule has 5 nitrogen and oxygen atoms in total. The molecule has 1 aromatic carbocycles. The minimum atomic E-state index is -0.285. The summed E-state index contributed by atoms with van der Waals surface area (Å²) in [5.41, 5.74) is 0.983. The van der Waals surface area contributed by atoms with Crippen LogP contribution in [0.4, 0.5) is 0 Å². The van der Waals surface area contributed by atoms with Crippen molar-refractivity contribution < 1.29 is 4.79 Å². The summed E-state index contributed by atoms with van der Waals surface area (Å²) in [6.07, 6.45) is 4.72. The Labute approximate surface area is 136 Å². The Morgan fingerprint density at radius 2 is 2.17 bits per heavy atom. The van der Waals surface area contributed by atoms with Gasteiger partial charge in [-0.1, -0.05) is 30.3 Å². The Kier molecular flexibility index (Phi) is 3.45. The van der Waals surface area contributed by atoms with E-state index >= 15 is 0 Å². The molecular weight excluding hydrogens is 288 g/mol. The number of carbonyl (C=O) groups excluding carboxylic acids is 1. The summed E-state index contributed by atoms with van der Waals surface area (Å²) < 4.78 is 2.05. The number of hydrogen-bond donors (Lipinski definition) is 1. The zero-order valence-electron chi connectivity index (χ0n) is 13.4. The van der Waals surface area contributed by atoms with Gasteiger partial charge in [0, 0.05) is 38.4 Å². The Morgan fingerprint density at radius 1 is 1.35 bits per heavy atom. The second-order valence-corrected chi connectivity index (χ2v) is 6.74. The van der Waals surface area contributed by atoms with Gasteiger partial charge in [-0.3, -0.25) is 9.69 Å². The Balaban J connectivity index is 1.57. The molecule has 1 aromatic heterocycles. The Morgan fingerprint density at radius 3 is 2.91 bits per heavy atom. The SMILES string of the molecule is Cn1ccnc1CN1CCC2(C1)C(=O)NCC2c1ccccc1. The van der Waals surface area contributed by atoms with Gasteiger partial charge in [-0.25, -0.2) is 4.98 Å². The highest BCUT2D eigenvalue weighted by Gasteiger charge is 2.54. The number of nitrogens with zero attached hydrogens (tertiary/aromatic N) is 3. The van der Waals surface area contributed by atoms with Gasteiger partial charge in [0.25, 0.3) is 0 Å². The van der Waals surface area contributed by atoms with E-state index in [2.05, 4.69) is 39.5 Å². The van der Waals surface area contributed by atoms with E-state index in [1.54, 1.807) is 0 Å². The summed E-state index contributed by atoms with van der Waals surface area (Å²) in [6, 6.07) is 10.4. The van der Waals surface area contributed by atoms with E-state index in [-0.39, 0.29) is 17.2 Å². The van der Waals surface area contributed by atoms with Crippen LogP contribution in [0.15, 0.2) is 42.7 Å². The highest BCUT2D eigenvalue weighted by Crippen LogP contribution is 2.47. The van der Waals surface area contributed by atoms with Gasteiger partial charge in [0.05, 0.1) is 12.0 Å². The lowest BCUT2D eigenvalue weighted by atomic mass is 9.73. The van der Waals surface area contributed by atoms with Crippen LogP contribution in [-0.2, 0) is 18.4 Å². The summed E-state index contributed by atoms with van der Waals surface area (Å²) in [6.45, 7) is 3.31.